The van der Waals surface area contributed by atoms with E-state index in [0.717, 1.165) is 63.6 Å². The average Bonchev–Trinajstić information content (AvgIpc) is 3.56. The summed E-state index contributed by atoms with van der Waals surface area (Å²) in [5.74, 6) is 2.03. The zero-order valence-electron chi connectivity index (χ0n) is 17.7. The van der Waals surface area contributed by atoms with E-state index in [-0.39, 0.29) is 36.0 Å². The number of guanidine groups is 1. The number of ether oxygens (including phenoxy) is 1. The quantitative estimate of drug-likeness (QED) is 0.322. The molecule has 9 heteroatoms. The minimum absolute atomic E-state index is 0. The van der Waals surface area contributed by atoms with Crippen LogP contribution in [0.3, 0.4) is 0 Å². The maximum Gasteiger partial charge on any atom is 0.251 e. The molecule has 1 atom stereocenters. The highest BCUT2D eigenvalue weighted by Crippen LogP contribution is 2.16. The number of hydrogen-bond donors (Lipinski definition) is 1. The number of furan rings is 1. The Morgan fingerprint density at radius 3 is 2.68 bits per heavy atom. The Hall–Kier alpha value is -1.59. The van der Waals surface area contributed by atoms with E-state index in [9.17, 15) is 4.79 Å². The van der Waals surface area contributed by atoms with Gasteiger partial charge in [0.15, 0.2) is 5.96 Å². The van der Waals surface area contributed by atoms with Gasteiger partial charge in [-0.1, -0.05) is 6.07 Å². The van der Waals surface area contributed by atoms with E-state index in [4.69, 9.17) is 14.1 Å². The molecule has 2 aliphatic heterocycles. The highest BCUT2D eigenvalue weighted by molar-refractivity contribution is 14.0. The van der Waals surface area contributed by atoms with Crippen LogP contribution in [0.1, 0.15) is 23.5 Å². The number of thiophene rings is 1. The molecule has 0 saturated carbocycles. The normalized spacial score (nSPS) is 19.4. The molecule has 2 saturated heterocycles. The van der Waals surface area contributed by atoms with E-state index in [0.29, 0.717) is 19.7 Å². The van der Waals surface area contributed by atoms with Crippen LogP contribution in [0.2, 0.25) is 0 Å². The van der Waals surface area contributed by atoms with Gasteiger partial charge in [-0.2, -0.15) is 0 Å². The number of carbonyl (C=O) groups is 1. The molecule has 0 radical (unpaired) electrons. The van der Waals surface area contributed by atoms with Crippen molar-refractivity contribution in [3.63, 3.8) is 0 Å². The van der Waals surface area contributed by atoms with Gasteiger partial charge in [0.25, 0.3) is 5.91 Å². The first-order chi connectivity index (χ1) is 14.8. The summed E-state index contributed by atoms with van der Waals surface area (Å²) in [7, 11) is 0. The Morgan fingerprint density at radius 1 is 1.16 bits per heavy atom. The number of amides is 1. The fraction of sp³-hybridized carbons (Fsp3) is 0.545. The van der Waals surface area contributed by atoms with Crippen LogP contribution in [-0.4, -0.2) is 73.6 Å². The molecule has 2 aromatic heterocycles. The second-order valence-electron chi connectivity index (χ2n) is 7.60. The second-order valence-corrected chi connectivity index (χ2v) is 8.64. The summed E-state index contributed by atoms with van der Waals surface area (Å²) in [4.78, 5) is 23.0. The van der Waals surface area contributed by atoms with E-state index >= 15 is 0 Å². The van der Waals surface area contributed by atoms with Crippen molar-refractivity contribution >= 4 is 47.2 Å². The van der Waals surface area contributed by atoms with Gasteiger partial charge < -0.3 is 24.3 Å². The van der Waals surface area contributed by atoms with E-state index in [1.807, 2.05) is 17.0 Å². The standard InChI is InChI=1S/C22H30N4O3S.HI/c27-21(20-6-2-16-29-20)25-11-13-26(14-12-25)22(23-9-7-18-4-1-15-28-18)24-10-8-19-5-3-17-30-19;/h1,3-5,15,17,20H,2,6-14,16H2,(H,23,24);1H. The number of nitrogens with zero attached hydrogens (tertiary/aromatic N) is 3. The van der Waals surface area contributed by atoms with Crippen molar-refractivity contribution < 1.29 is 13.9 Å². The van der Waals surface area contributed by atoms with Crippen molar-refractivity contribution in [2.45, 2.75) is 31.8 Å². The second kappa shape index (κ2) is 12.4. The van der Waals surface area contributed by atoms with Crippen LogP contribution in [0.25, 0.3) is 0 Å². The van der Waals surface area contributed by atoms with Crippen molar-refractivity contribution in [3.8, 4) is 0 Å². The van der Waals surface area contributed by atoms with Crippen molar-refractivity contribution in [2.75, 3.05) is 45.9 Å². The number of halogens is 1. The summed E-state index contributed by atoms with van der Waals surface area (Å²) >= 11 is 1.77. The highest BCUT2D eigenvalue weighted by atomic mass is 127. The molecule has 2 fully saturated rings. The van der Waals surface area contributed by atoms with E-state index < -0.39 is 0 Å². The predicted octanol–water partition coefficient (Wildman–Crippen LogP) is 3.01. The summed E-state index contributed by atoms with van der Waals surface area (Å²) in [6, 6.07) is 8.14. The number of carbonyl (C=O) groups excluding carboxylic acids is 1. The third-order valence-electron chi connectivity index (χ3n) is 5.53. The molecule has 2 aliphatic rings. The summed E-state index contributed by atoms with van der Waals surface area (Å²) in [5.41, 5.74) is 0. The predicted molar refractivity (Wildman–Crippen MR) is 133 cm³/mol. The molecule has 1 unspecified atom stereocenters. The number of aliphatic imine (C=N–C) groups is 1. The first-order valence-electron chi connectivity index (χ1n) is 10.8. The molecular formula is C22H31IN4O3S. The van der Waals surface area contributed by atoms with Crippen LogP contribution in [0, 0.1) is 0 Å². The molecule has 0 aliphatic carbocycles. The first kappa shape index (κ1) is 24.1. The topological polar surface area (TPSA) is 70.3 Å². The highest BCUT2D eigenvalue weighted by Gasteiger charge is 2.30. The van der Waals surface area contributed by atoms with Gasteiger partial charge in [0.05, 0.1) is 6.26 Å². The van der Waals surface area contributed by atoms with Gasteiger partial charge in [0, 0.05) is 63.6 Å². The smallest absolute Gasteiger partial charge is 0.251 e. The average molecular weight is 558 g/mol. The largest absolute Gasteiger partial charge is 0.469 e. The molecule has 31 heavy (non-hydrogen) atoms. The minimum atomic E-state index is -0.234. The van der Waals surface area contributed by atoms with E-state index in [1.165, 1.54) is 4.88 Å². The zero-order chi connectivity index (χ0) is 20.6. The Morgan fingerprint density at radius 2 is 2.00 bits per heavy atom. The van der Waals surface area contributed by atoms with Gasteiger partial charge in [-0.25, -0.2) is 0 Å². The monoisotopic (exact) mass is 558 g/mol. The lowest BCUT2D eigenvalue weighted by atomic mass is 10.2. The summed E-state index contributed by atoms with van der Waals surface area (Å²) in [5, 5.41) is 5.60. The Kier molecular flexibility index (Phi) is 9.66. The van der Waals surface area contributed by atoms with Crippen LogP contribution < -0.4 is 5.32 Å². The van der Waals surface area contributed by atoms with Crippen LogP contribution in [0.15, 0.2) is 45.3 Å². The number of rotatable bonds is 7. The van der Waals surface area contributed by atoms with E-state index in [1.54, 1.807) is 17.6 Å². The molecule has 1 N–H and O–H groups in total. The lowest BCUT2D eigenvalue weighted by molar-refractivity contribution is -0.142. The summed E-state index contributed by atoms with van der Waals surface area (Å²) < 4.78 is 11.0. The lowest BCUT2D eigenvalue weighted by Crippen LogP contribution is -2.55. The van der Waals surface area contributed by atoms with Crippen molar-refractivity contribution in [1.82, 2.24) is 15.1 Å². The number of piperazine rings is 1. The fourth-order valence-corrected chi connectivity index (χ4v) is 4.56. The fourth-order valence-electron chi connectivity index (χ4n) is 3.86. The van der Waals surface area contributed by atoms with Gasteiger partial charge in [0.2, 0.25) is 0 Å². The third kappa shape index (κ3) is 6.95. The number of hydrogen-bond acceptors (Lipinski definition) is 5. The van der Waals surface area contributed by atoms with Gasteiger partial charge in [-0.3, -0.25) is 9.79 Å². The Bertz CT molecular complexity index is 799. The Balaban J connectivity index is 0.00000272. The first-order valence-corrected chi connectivity index (χ1v) is 11.7. The van der Waals surface area contributed by atoms with Gasteiger partial charge in [-0.05, 0) is 36.4 Å². The molecule has 2 aromatic rings. The van der Waals surface area contributed by atoms with Crippen LogP contribution in [-0.2, 0) is 22.4 Å². The maximum absolute atomic E-state index is 12.6. The molecule has 7 nitrogen and oxygen atoms in total. The van der Waals surface area contributed by atoms with E-state index in [2.05, 4.69) is 27.7 Å². The van der Waals surface area contributed by atoms with Crippen molar-refractivity contribution in [2.24, 2.45) is 4.99 Å². The van der Waals surface area contributed by atoms with Crippen molar-refractivity contribution in [1.29, 1.82) is 0 Å². The maximum atomic E-state index is 12.6. The molecule has 0 spiro atoms. The molecule has 1 amide bonds. The van der Waals surface area contributed by atoms with Crippen LogP contribution >= 0.6 is 35.3 Å². The SMILES string of the molecule is I.O=C(C1CCCO1)N1CCN(C(=NCCc2cccs2)NCCc2ccco2)CC1. The van der Waals surface area contributed by atoms with Crippen LogP contribution in [0.4, 0.5) is 0 Å². The molecular weight excluding hydrogens is 527 g/mol. The number of nitrogens with one attached hydrogen (secondary N) is 1. The molecule has 4 heterocycles. The van der Waals surface area contributed by atoms with Gasteiger partial charge in [0.1, 0.15) is 11.9 Å². The third-order valence-corrected chi connectivity index (χ3v) is 6.47. The zero-order valence-corrected chi connectivity index (χ0v) is 20.8. The molecule has 170 valence electrons. The van der Waals surface area contributed by atoms with Crippen molar-refractivity contribution in [3.05, 3.63) is 46.5 Å². The molecule has 4 rings (SSSR count). The Labute approximate surface area is 204 Å². The van der Waals surface area contributed by atoms with Gasteiger partial charge in [-0.15, -0.1) is 35.3 Å². The van der Waals surface area contributed by atoms with Crippen LogP contribution in [0.5, 0.6) is 0 Å². The minimum Gasteiger partial charge on any atom is -0.469 e. The summed E-state index contributed by atoms with van der Waals surface area (Å²) in [6.07, 6.45) is 5.06. The van der Waals surface area contributed by atoms with Gasteiger partial charge >= 0.3 is 0 Å². The molecule has 0 aromatic carbocycles. The summed E-state index contributed by atoms with van der Waals surface area (Å²) in [6.45, 7) is 5.20. The lowest BCUT2D eigenvalue weighted by Gasteiger charge is -2.37. The molecule has 0 bridgehead atoms.